The number of thiophene rings is 1. The number of carbonyl (C=O) groups excluding carboxylic acids is 1. The van der Waals surface area contributed by atoms with Crippen LogP contribution in [0.5, 0.6) is 0 Å². The number of nitrogen functional groups attached to an aromatic ring is 1. The molecule has 2 aromatic rings. The number of benzene rings is 1. The Balaban J connectivity index is 1.56. The highest BCUT2D eigenvalue weighted by molar-refractivity contribution is 7.10. The van der Waals surface area contributed by atoms with Crippen molar-refractivity contribution in [3.63, 3.8) is 0 Å². The number of nitrogens with two attached hydrogens (primary N) is 1. The van der Waals surface area contributed by atoms with Crippen molar-refractivity contribution in [1.82, 2.24) is 4.90 Å². The van der Waals surface area contributed by atoms with E-state index in [2.05, 4.69) is 11.0 Å². The topological polar surface area (TPSA) is 49.6 Å². The zero-order valence-corrected chi connectivity index (χ0v) is 12.7. The van der Waals surface area contributed by atoms with Crippen LogP contribution in [0.4, 0.5) is 11.4 Å². The van der Waals surface area contributed by atoms with E-state index in [1.54, 1.807) is 11.3 Å². The highest BCUT2D eigenvalue weighted by Gasteiger charge is 2.21. The van der Waals surface area contributed by atoms with Crippen LogP contribution in [-0.2, 0) is 11.2 Å². The molecule has 1 amide bonds. The highest BCUT2D eigenvalue weighted by atomic mass is 32.1. The van der Waals surface area contributed by atoms with Gasteiger partial charge in [0.2, 0.25) is 5.91 Å². The van der Waals surface area contributed by atoms with Crippen molar-refractivity contribution < 1.29 is 4.79 Å². The maximum atomic E-state index is 12.3. The number of rotatable bonds is 3. The van der Waals surface area contributed by atoms with Gasteiger partial charge >= 0.3 is 0 Å². The summed E-state index contributed by atoms with van der Waals surface area (Å²) in [5.41, 5.74) is 7.75. The third-order valence-corrected chi connectivity index (χ3v) is 4.65. The van der Waals surface area contributed by atoms with E-state index in [0.717, 1.165) is 42.4 Å². The molecule has 110 valence electrons. The molecule has 1 aromatic carbocycles. The van der Waals surface area contributed by atoms with E-state index in [4.69, 9.17) is 5.73 Å². The van der Waals surface area contributed by atoms with Crippen LogP contribution >= 0.6 is 11.3 Å². The molecule has 0 radical (unpaired) electrons. The molecular weight excluding hydrogens is 282 g/mol. The van der Waals surface area contributed by atoms with E-state index in [1.165, 1.54) is 0 Å². The predicted molar refractivity (Wildman–Crippen MR) is 87.7 cm³/mol. The Bertz CT molecular complexity index is 604. The van der Waals surface area contributed by atoms with E-state index < -0.39 is 0 Å². The molecule has 1 aliphatic heterocycles. The molecule has 0 unspecified atom stereocenters. The molecule has 1 fully saturated rings. The summed E-state index contributed by atoms with van der Waals surface area (Å²) in [6.07, 6.45) is 0.524. The molecule has 0 atom stereocenters. The number of amides is 1. The fourth-order valence-corrected chi connectivity index (χ4v) is 3.31. The molecule has 4 nitrogen and oxygen atoms in total. The van der Waals surface area contributed by atoms with E-state index >= 15 is 0 Å². The summed E-state index contributed by atoms with van der Waals surface area (Å²) in [5, 5.41) is 2.01. The fraction of sp³-hybridized carbons (Fsp3) is 0.312. The van der Waals surface area contributed by atoms with Crippen LogP contribution in [-0.4, -0.2) is 37.0 Å². The van der Waals surface area contributed by atoms with E-state index in [-0.39, 0.29) is 5.91 Å². The van der Waals surface area contributed by atoms with Crippen LogP contribution in [0.15, 0.2) is 41.8 Å². The normalized spacial score (nSPS) is 15.2. The monoisotopic (exact) mass is 301 g/mol. The fourth-order valence-electron chi connectivity index (χ4n) is 2.61. The molecule has 0 spiro atoms. The number of hydrogen-bond acceptors (Lipinski definition) is 4. The maximum Gasteiger partial charge on any atom is 0.227 e. The van der Waals surface area contributed by atoms with Crippen molar-refractivity contribution in [1.29, 1.82) is 0 Å². The Hall–Kier alpha value is -2.01. The maximum absolute atomic E-state index is 12.3. The Labute approximate surface area is 128 Å². The van der Waals surface area contributed by atoms with Crippen molar-refractivity contribution in [2.75, 3.05) is 36.8 Å². The Morgan fingerprint density at radius 3 is 2.62 bits per heavy atom. The molecule has 1 aliphatic rings. The van der Waals surface area contributed by atoms with E-state index in [1.807, 2.05) is 40.6 Å². The lowest BCUT2D eigenvalue weighted by atomic mass is 10.2. The molecule has 1 saturated heterocycles. The summed E-state index contributed by atoms with van der Waals surface area (Å²) in [5.74, 6) is 0.227. The Morgan fingerprint density at radius 1 is 1.14 bits per heavy atom. The first-order chi connectivity index (χ1) is 10.2. The van der Waals surface area contributed by atoms with Crippen LogP contribution < -0.4 is 10.6 Å². The zero-order chi connectivity index (χ0) is 14.7. The van der Waals surface area contributed by atoms with Crippen molar-refractivity contribution in [3.8, 4) is 0 Å². The smallest absolute Gasteiger partial charge is 0.227 e. The van der Waals surface area contributed by atoms with Gasteiger partial charge in [0.1, 0.15) is 0 Å². The minimum absolute atomic E-state index is 0.227. The molecule has 3 rings (SSSR count). The van der Waals surface area contributed by atoms with E-state index in [0.29, 0.717) is 6.42 Å². The Kier molecular flexibility index (Phi) is 4.10. The zero-order valence-electron chi connectivity index (χ0n) is 11.9. The van der Waals surface area contributed by atoms with Gasteiger partial charge in [0.25, 0.3) is 0 Å². The SMILES string of the molecule is Nc1cccc(N2CCN(C(=O)Cc3cccs3)CC2)c1. The first kappa shape index (κ1) is 13.9. The van der Waals surface area contributed by atoms with E-state index in [9.17, 15) is 4.79 Å². The first-order valence-electron chi connectivity index (χ1n) is 7.13. The lowest BCUT2D eigenvalue weighted by Crippen LogP contribution is -2.49. The molecule has 0 aliphatic carbocycles. The number of carbonyl (C=O) groups is 1. The van der Waals surface area contributed by atoms with Gasteiger partial charge in [0.15, 0.2) is 0 Å². The van der Waals surface area contributed by atoms with Crippen LogP contribution in [0.1, 0.15) is 4.88 Å². The minimum atomic E-state index is 0.227. The average molecular weight is 301 g/mol. The molecular formula is C16H19N3OS. The second kappa shape index (κ2) is 6.18. The van der Waals surface area contributed by atoms with Gasteiger partial charge in [-0.15, -0.1) is 11.3 Å². The van der Waals surface area contributed by atoms with Crippen molar-refractivity contribution in [2.45, 2.75) is 6.42 Å². The number of anilines is 2. The average Bonchev–Trinajstić information content (AvgIpc) is 3.00. The van der Waals surface area contributed by atoms with Crippen LogP contribution in [0.25, 0.3) is 0 Å². The summed E-state index contributed by atoms with van der Waals surface area (Å²) in [4.78, 5) is 17.6. The third kappa shape index (κ3) is 3.36. The summed E-state index contributed by atoms with van der Waals surface area (Å²) in [6, 6.07) is 11.9. The van der Waals surface area contributed by atoms with Crippen LogP contribution in [0.3, 0.4) is 0 Å². The van der Waals surface area contributed by atoms with Gasteiger partial charge in [-0.05, 0) is 29.6 Å². The molecule has 0 bridgehead atoms. The van der Waals surface area contributed by atoms with Gasteiger partial charge < -0.3 is 15.5 Å². The third-order valence-electron chi connectivity index (χ3n) is 3.77. The lowest BCUT2D eigenvalue weighted by Gasteiger charge is -2.36. The highest BCUT2D eigenvalue weighted by Crippen LogP contribution is 2.19. The molecule has 1 aromatic heterocycles. The van der Waals surface area contributed by atoms with Gasteiger partial charge in [-0.1, -0.05) is 12.1 Å². The van der Waals surface area contributed by atoms with Crippen molar-refractivity contribution in [2.24, 2.45) is 0 Å². The first-order valence-corrected chi connectivity index (χ1v) is 8.01. The molecule has 0 saturated carbocycles. The molecule has 21 heavy (non-hydrogen) atoms. The van der Waals surface area contributed by atoms with Gasteiger partial charge in [0.05, 0.1) is 6.42 Å². The second-order valence-electron chi connectivity index (χ2n) is 5.22. The quantitative estimate of drug-likeness (QED) is 0.884. The lowest BCUT2D eigenvalue weighted by molar-refractivity contribution is -0.130. The second-order valence-corrected chi connectivity index (χ2v) is 6.25. The molecule has 2 N–H and O–H groups in total. The standard InChI is InChI=1S/C16H19N3OS/c17-13-3-1-4-14(11-13)18-6-8-19(9-7-18)16(20)12-15-5-2-10-21-15/h1-5,10-11H,6-9,12,17H2. The summed E-state index contributed by atoms with van der Waals surface area (Å²) >= 11 is 1.64. The van der Waals surface area contributed by atoms with Crippen molar-refractivity contribution in [3.05, 3.63) is 46.7 Å². The molecule has 5 heteroatoms. The van der Waals surface area contributed by atoms with Gasteiger partial charge in [-0.2, -0.15) is 0 Å². The summed E-state index contributed by atoms with van der Waals surface area (Å²) in [7, 11) is 0. The predicted octanol–water partition coefficient (Wildman–Crippen LogP) is 2.22. The molecule has 2 heterocycles. The van der Waals surface area contributed by atoms with Crippen molar-refractivity contribution >= 4 is 28.6 Å². The summed E-state index contributed by atoms with van der Waals surface area (Å²) in [6.45, 7) is 3.28. The van der Waals surface area contributed by atoms with Crippen LogP contribution in [0.2, 0.25) is 0 Å². The van der Waals surface area contributed by atoms with Crippen LogP contribution in [0, 0.1) is 0 Å². The summed E-state index contributed by atoms with van der Waals surface area (Å²) < 4.78 is 0. The largest absolute Gasteiger partial charge is 0.399 e. The number of hydrogen-bond donors (Lipinski definition) is 1. The van der Waals surface area contributed by atoms with Gasteiger partial charge in [-0.25, -0.2) is 0 Å². The Morgan fingerprint density at radius 2 is 1.95 bits per heavy atom. The van der Waals surface area contributed by atoms with Gasteiger partial charge in [-0.3, -0.25) is 4.79 Å². The van der Waals surface area contributed by atoms with Gasteiger partial charge in [0, 0.05) is 42.4 Å². The number of nitrogens with zero attached hydrogens (tertiary/aromatic N) is 2. The minimum Gasteiger partial charge on any atom is -0.399 e. The number of piperazine rings is 1.